The van der Waals surface area contributed by atoms with Crippen molar-refractivity contribution in [3.8, 4) is 10.4 Å². The number of carbonyl (C=O) groups excluding carboxylic acids is 1. The Bertz CT molecular complexity index is 773. The van der Waals surface area contributed by atoms with Gasteiger partial charge in [-0.3, -0.25) is 4.79 Å². The first-order valence-electron chi connectivity index (χ1n) is 8.91. The first kappa shape index (κ1) is 16.7. The third kappa shape index (κ3) is 3.23. The minimum absolute atomic E-state index is 0.104. The van der Waals surface area contributed by atoms with Crippen LogP contribution in [0.5, 0.6) is 0 Å². The molecule has 2 fully saturated rings. The van der Waals surface area contributed by atoms with E-state index in [0.717, 1.165) is 33.7 Å². The molecule has 0 spiro atoms. The lowest BCUT2D eigenvalue weighted by Crippen LogP contribution is -2.48. The van der Waals surface area contributed by atoms with Crippen LogP contribution in [0.2, 0.25) is 0 Å². The van der Waals surface area contributed by atoms with Gasteiger partial charge in [0.25, 0.3) is 5.91 Å². The quantitative estimate of drug-likeness (QED) is 0.891. The molecule has 3 heterocycles. The van der Waals surface area contributed by atoms with Gasteiger partial charge in [0.2, 0.25) is 0 Å². The van der Waals surface area contributed by atoms with Crippen LogP contribution in [0.3, 0.4) is 0 Å². The summed E-state index contributed by atoms with van der Waals surface area (Å²) in [6.45, 7) is 2.01. The van der Waals surface area contributed by atoms with Gasteiger partial charge in [-0.15, -0.1) is 11.3 Å². The van der Waals surface area contributed by atoms with Crippen LogP contribution in [-0.4, -0.2) is 36.0 Å². The average Bonchev–Trinajstić information content (AvgIpc) is 3.16. The smallest absolute Gasteiger partial charge is 0.263 e. The number of nitrogens with zero attached hydrogens (tertiary/aromatic N) is 1. The molecule has 5 heteroatoms. The molecule has 132 valence electrons. The first-order valence-corrected chi connectivity index (χ1v) is 9.72. The summed E-state index contributed by atoms with van der Waals surface area (Å²) in [7, 11) is 1.93. The Hall–Kier alpha value is -1.72. The molecule has 4 rings (SSSR count). The molecule has 3 nitrogen and oxygen atoms in total. The van der Waals surface area contributed by atoms with Gasteiger partial charge >= 0.3 is 0 Å². The molecule has 1 N–H and O–H groups in total. The molecule has 1 aromatic heterocycles. The van der Waals surface area contributed by atoms with Crippen LogP contribution in [0, 0.1) is 12.7 Å². The molecule has 2 aliphatic heterocycles. The van der Waals surface area contributed by atoms with E-state index in [-0.39, 0.29) is 11.7 Å². The maximum Gasteiger partial charge on any atom is 0.263 e. The molecule has 0 radical (unpaired) electrons. The Morgan fingerprint density at radius 3 is 2.48 bits per heavy atom. The molecule has 0 saturated carbocycles. The van der Waals surface area contributed by atoms with Crippen LogP contribution in [0.4, 0.5) is 4.39 Å². The number of aryl methyl sites for hydroxylation is 1. The summed E-state index contributed by atoms with van der Waals surface area (Å²) in [5.74, 6) is -0.137. The molecule has 1 amide bonds. The van der Waals surface area contributed by atoms with Crippen LogP contribution in [-0.2, 0) is 0 Å². The van der Waals surface area contributed by atoms with E-state index in [1.54, 1.807) is 12.1 Å². The molecule has 2 aliphatic rings. The highest BCUT2D eigenvalue weighted by molar-refractivity contribution is 7.17. The van der Waals surface area contributed by atoms with E-state index in [0.29, 0.717) is 18.1 Å². The highest BCUT2D eigenvalue weighted by Crippen LogP contribution is 2.35. The summed E-state index contributed by atoms with van der Waals surface area (Å²) in [6, 6.07) is 9.91. The van der Waals surface area contributed by atoms with Crippen LogP contribution in [0.25, 0.3) is 10.4 Å². The van der Waals surface area contributed by atoms with Gasteiger partial charge in [-0.25, -0.2) is 4.39 Å². The molecule has 25 heavy (non-hydrogen) atoms. The average molecular weight is 358 g/mol. The van der Waals surface area contributed by atoms with Crippen molar-refractivity contribution in [2.45, 2.75) is 50.7 Å². The second-order valence-electron chi connectivity index (χ2n) is 7.31. The third-order valence-electron chi connectivity index (χ3n) is 5.55. The summed E-state index contributed by atoms with van der Waals surface area (Å²) in [6.07, 6.45) is 4.56. The van der Waals surface area contributed by atoms with Crippen LogP contribution in [0.15, 0.2) is 30.3 Å². The number of fused-ring (bicyclic) bond motifs is 2. The summed E-state index contributed by atoms with van der Waals surface area (Å²) in [5, 5.41) is 3.63. The number of hydrogen-bond donors (Lipinski definition) is 1. The first-order chi connectivity index (χ1) is 12.0. The zero-order chi connectivity index (χ0) is 17.6. The highest BCUT2D eigenvalue weighted by Gasteiger charge is 2.36. The number of thiophene rings is 1. The second kappa shape index (κ2) is 6.54. The predicted octanol–water partition coefficient (Wildman–Crippen LogP) is 4.22. The van der Waals surface area contributed by atoms with Crippen molar-refractivity contribution in [2.75, 3.05) is 7.05 Å². The highest BCUT2D eigenvalue weighted by atomic mass is 32.1. The summed E-state index contributed by atoms with van der Waals surface area (Å²) >= 11 is 1.51. The van der Waals surface area contributed by atoms with Crippen molar-refractivity contribution in [1.82, 2.24) is 10.2 Å². The van der Waals surface area contributed by atoms with E-state index in [9.17, 15) is 9.18 Å². The normalized spacial score (nSPS) is 25.2. The van der Waals surface area contributed by atoms with Crippen LogP contribution < -0.4 is 5.32 Å². The summed E-state index contributed by atoms with van der Waals surface area (Å²) < 4.78 is 13.2. The molecule has 2 bridgehead atoms. The topological polar surface area (TPSA) is 32.3 Å². The lowest BCUT2D eigenvalue weighted by molar-refractivity contribution is 0.0686. The van der Waals surface area contributed by atoms with Gasteiger partial charge in [0.15, 0.2) is 0 Å². The van der Waals surface area contributed by atoms with E-state index in [1.807, 2.05) is 24.9 Å². The molecule has 2 saturated heterocycles. The zero-order valence-corrected chi connectivity index (χ0v) is 15.4. The molecule has 2 unspecified atom stereocenters. The van der Waals surface area contributed by atoms with Gasteiger partial charge in [0.1, 0.15) is 5.82 Å². The van der Waals surface area contributed by atoms with E-state index in [1.165, 1.54) is 36.3 Å². The van der Waals surface area contributed by atoms with E-state index in [2.05, 4.69) is 5.32 Å². The largest absolute Gasteiger partial charge is 0.338 e. The summed E-state index contributed by atoms with van der Waals surface area (Å²) in [4.78, 5) is 16.7. The van der Waals surface area contributed by atoms with Crippen molar-refractivity contribution in [3.63, 3.8) is 0 Å². The fraction of sp³-hybridized carbons (Fsp3) is 0.450. The maximum absolute atomic E-state index is 13.2. The Morgan fingerprint density at radius 1 is 1.20 bits per heavy atom. The minimum atomic E-state index is -0.241. The van der Waals surface area contributed by atoms with Crippen molar-refractivity contribution in [2.24, 2.45) is 0 Å². The van der Waals surface area contributed by atoms with Gasteiger partial charge in [0, 0.05) is 30.1 Å². The third-order valence-corrected chi connectivity index (χ3v) is 6.83. The molecule has 2 atom stereocenters. The molecule has 1 aromatic carbocycles. The molecular formula is C20H23FN2OS. The van der Waals surface area contributed by atoms with Crippen molar-refractivity contribution < 1.29 is 9.18 Å². The number of nitrogens with one attached hydrogen (secondary N) is 1. The van der Waals surface area contributed by atoms with Gasteiger partial charge in [-0.1, -0.05) is 12.1 Å². The number of amides is 1. The Kier molecular flexibility index (Phi) is 4.38. The molecule has 2 aromatic rings. The van der Waals surface area contributed by atoms with Gasteiger partial charge in [-0.05, 0) is 61.9 Å². The van der Waals surface area contributed by atoms with Crippen LogP contribution in [0.1, 0.15) is 40.9 Å². The number of benzene rings is 1. The Morgan fingerprint density at radius 2 is 1.84 bits per heavy atom. The zero-order valence-electron chi connectivity index (χ0n) is 14.6. The lowest BCUT2D eigenvalue weighted by Gasteiger charge is -2.35. The van der Waals surface area contributed by atoms with E-state index in [4.69, 9.17) is 0 Å². The van der Waals surface area contributed by atoms with Gasteiger partial charge in [-0.2, -0.15) is 0 Å². The maximum atomic E-state index is 13.2. The molecule has 0 aliphatic carbocycles. The second-order valence-corrected chi connectivity index (χ2v) is 8.36. The monoisotopic (exact) mass is 358 g/mol. The number of hydrogen-bond acceptors (Lipinski definition) is 3. The van der Waals surface area contributed by atoms with Crippen LogP contribution >= 0.6 is 11.3 Å². The molecular weight excluding hydrogens is 335 g/mol. The fourth-order valence-electron chi connectivity index (χ4n) is 4.16. The van der Waals surface area contributed by atoms with Gasteiger partial charge < -0.3 is 10.2 Å². The number of rotatable bonds is 3. The van der Waals surface area contributed by atoms with E-state index < -0.39 is 0 Å². The standard InChI is InChI=1S/C20H23FN2OS/c1-12-9-18(25-19(12)13-3-5-14(21)6-4-13)20(24)23(2)17-10-15-7-8-16(11-17)22-15/h3-6,9,15-17,22H,7-8,10-11H2,1-2H3. The SMILES string of the molecule is Cc1cc(C(=O)N(C)C2CC3CCC(C2)N3)sc1-c1ccc(F)cc1. The number of halogens is 1. The summed E-state index contributed by atoms with van der Waals surface area (Å²) in [5.41, 5.74) is 2.03. The van der Waals surface area contributed by atoms with E-state index >= 15 is 0 Å². The minimum Gasteiger partial charge on any atom is -0.338 e. The Balaban J connectivity index is 1.54. The predicted molar refractivity (Wildman–Crippen MR) is 99.5 cm³/mol. The Labute approximate surface area is 151 Å². The van der Waals surface area contributed by atoms with Crippen molar-refractivity contribution >= 4 is 17.2 Å². The number of carbonyl (C=O) groups is 1. The lowest BCUT2D eigenvalue weighted by atomic mass is 9.98. The van der Waals surface area contributed by atoms with Crippen molar-refractivity contribution in [3.05, 3.63) is 46.6 Å². The van der Waals surface area contributed by atoms with Gasteiger partial charge in [0.05, 0.1) is 4.88 Å². The number of piperidine rings is 1. The van der Waals surface area contributed by atoms with Crippen molar-refractivity contribution in [1.29, 1.82) is 0 Å². The fourth-order valence-corrected chi connectivity index (χ4v) is 5.32.